The molecule has 2 bridgehead atoms. The van der Waals surface area contributed by atoms with E-state index in [1.165, 1.54) is 0 Å². The van der Waals surface area contributed by atoms with Crippen LogP contribution in [0.25, 0.3) is 0 Å². The van der Waals surface area contributed by atoms with Gasteiger partial charge in [-0.25, -0.2) is 0 Å². The number of carboxylic acids is 1. The van der Waals surface area contributed by atoms with Crippen LogP contribution in [0.2, 0.25) is 0 Å². The zero-order valence-corrected chi connectivity index (χ0v) is 9.67. The van der Waals surface area contributed by atoms with Gasteiger partial charge in [0.15, 0.2) is 0 Å². The zero-order chi connectivity index (χ0) is 12.6. The van der Waals surface area contributed by atoms with Crippen molar-refractivity contribution in [3.8, 4) is 0 Å². The van der Waals surface area contributed by atoms with Crippen molar-refractivity contribution in [1.29, 1.82) is 0 Å². The maximum absolute atomic E-state index is 11.9. The van der Waals surface area contributed by atoms with E-state index in [0.717, 1.165) is 6.42 Å². The van der Waals surface area contributed by atoms with Gasteiger partial charge in [-0.1, -0.05) is 12.2 Å². The number of hydrogen-bond donors (Lipinski definition) is 3. The average Bonchev–Trinajstić information content (AvgIpc) is 2.84. The molecule has 0 heterocycles. The number of hydrogen-bond acceptors (Lipinski definition) is 3. The maximum atomic E-state index is 11.9. The number of fused-ring (bicyclic) bond motifs is 2. The molecule has 2 aliphatic carbocycles. The normalized spacial score (nSPS) is 35.9. The smallest absolute Gasteiger partial charge is 0.307 e. The van der Waals surface area contributed by atoms with Crippen LogP contribution in [0.4, 0.5) is 0 Å². The number of carbonyl (C=O) groups is 2. The van der Waals surface area contributed by atoms with Gasteiger partial charge in [-0.3, -0.25) is 9.59 Å². The Morgan fingerprint density at radius 3 is 2.47 bits per heavy atom. The highest BCUT2D eigenvalue weighted by Crippen LogP contribution is 2.48. The topological polar surface area (TPSA) is 86.6 Å². The SMILES string of the molecule is C[C@H](O)CNC(=O)[C@H]1C2C=CC(C2)[C@H]1C(=O)O. The fourth-order valence-electron chi connectivity index (χ4n) is 2.88. The first-order chi connectivity index (χ1) is 8.00. The van der Waals surface area contributed by atoms with Gasteiger partial charge in [0.2, 0.25) is 5.91 Å². The first-order valence-electron chi connectivity index (χ1n) is 5.87. The van der Waals surface area contributed by atoms with Gasteiger partial charge in [-0.05, 0) is 25.2 Å². The molecule has 94 valence electrons. The number of nitrogens with one attached hydrogen (secondary N) is 1. The van der Waals surface area contributed by atoms with Crippen molar-refractivity contribution in [3.05, 3.63) is 12.2 Å². The summed E-state index contributed by atoms with van der Waals surface area (Å²) in [5.74, 6) is -2.23. The molecule has 0 radical (unpaired) electrons. The summed E-state index contributed by atoms with van der Waals surface area (Å²) in [6, 6.07) is 0. The zero-order valence-electron chi connectivity index (χ0n) is 9.67. The molecule has 5 heteroatoms. The van der Waals surface area contributed by atoms with Crippen molar-refractivity contribution in [3.63, 3.8) is 0 Å². The molecular weight excluding hydrogens is 222 g/mol. The van der Waals surface area contributed by atoms with Crippen molar-refractivity contribution < 1.29 is 19.8 Å². The third-order valence-electron chi connectivity index (χ3n) is 3.62. The lowest BCUT2D eigenvalue weighted by Gasteiger charge is -2.24. The van der Waals surface area contributed by atoms with E-state index in [9.17, 15) is 9.59 Å². The average molecular weight is 239 g/mol. The molecule has 5 nitrogen and oxygen atoms in total. The summed E-state index contributed by atoms with van der Waals surface area (Å²) in [5, 5.41) is 20.9. The molecule has 1 saturated carbocycles. The molecule has 1 amide bonds. The largest absolute Gasteiger partial charge is 0.481 e. The minimum atomic E-state index is -0.904. The van der Waals surface area contributed by atoms with Gasteiger partial charge in [0.25, 0.3) is 0 Å². The Morgan fingerprint density at radius 2 is 1.94 bits per heavy atom. The van der Waals surface area contributed by atoms with E-state index in [4.69, 9.17) is 10.2 Å². The molecule has 2 unspecified atom stereocenters. The molecule has 17 heavy (non-hydrogen) atoms. The van der Waals surface area contributed by atoms with E-state index < -0.39 is 23.9 Å². The molecule has 3 N–H and O–H groups in total. The van der Waals surface area contributed by atoms with Crippen LogP contribution in [-0.4, -0.2) is 34.7 Å². The molecule has 1 fully saturated rings. The standard InChI is InChI=1S/C12H17NO4/c1-6(14)5-13-11(15)9-7-2-3-8(4-7)10(9)12(16)17/h2-3,6-10,14H,4-5H2,1H3,(H,13,15)(H,16,17)/t6-,7?,8?,9-,10+/m0/s1. The van der Waals surface area contributed by atoms with Gasteiger partial charge in [0.1, 0.15) is 0 Å². The Bertz CT molecular complexity index is 364. The number of carbonyl (C=O) groups excluding carboxylic acids is 1. The second-order valence-corrected chi connectivity index (χ2v) is 4.93. The molecule has 0 spiro atoms. The van der Waals surface area contributed by atoms with E-state index in [2.05, 4.69) is 5.32 Å². The number of allylic oxidation sites excluding steroid dienone is 2. The highest BCUT2D eigenvalue weighted by molar-refractivity contribution is 5.86. The number of aliphatic carboxylic acids is 1. The van der Waals surface area contributed by atoms with Crippen LogP contribution in [0.1, 0.15) is 13.3 Å². The van der Waals surface area contributed by atoms with Crippen LogP contribution < -0.4 is 5.32 Å². The number of aliphatic hydroxyl groups is 1. The molecule has 5 atom stereocenters. The summed E-state index contributed by atoms with van der Waals surface area (Å²) in [7, 11) is 0. The Morgan fingerprint density at radius 1 is 1.35 bits per heavy atom. The summed E-state index contributed by atoms with van der Waals surface area (Å²) in [5.41, 5.74) is 0. The quantitative estimate of drug-likeness (QED) is 0.603. The number of amides is 1. The maximum Gasteiger partial charge on any atom is 0.307 e. The molecule has 0 aliphatic heterocycles. The number of carboxylic acid groups (broad SMARTS) is 1. The fourth-order valence-corrected chi connectivity index (χ4v) is 2.88. The number of rotatable bonds is 4. The third-order valence-corrected chi connectivity index (χ3v) is 3.62. The second kappa shape index (κ2) is 4.49. The second-order valence-electron chi connectivity index (χ2n) is 4.93. The van der Waals surface area contributed by atoms with Crippen LogP contribution in [-0.2, 0) is 9.59 Å². The first-order valence-corrected chi connectivity index (χ1v) is 5.87. The molecule has 2 rings (SSSR count). The summed E-state index contributed by atoms with van der Waals surface area (Å²) < 4.78 is 0. The van der Waals surface area contributed by atoms with E-state index in [1.54, 1.807) is 6.92 Å². The van der Waals surface area contributed by atoms with Gasteiger partial charge < -0.3 is 15.5 Å². The highest BCUT2D eigenvalue weighted by Gasteiger charge is 2.51. The van der Waals surface area contributed by atoms with Crippen LogP contribution in [0.3, 0.4) is 0 Å². The van der Waals surface area contributed by atoms with Crippen LogP contribution >= 0.6 is 0 Å². The lowest BCUT2D eigenvalue weighted by atomic mass is 9.82. The van der Waals surface area contributed by atoms with E-state index in [0.29, 0.717) is 0 Å². The monoisotopic (exact) mass is 239 g/mol. The first kappa shape index (κ1) is 12.1. The highest BCUT2D eigenvalue weighted by atomic mass is 16.4. The fraction of sp³-hybridized carbons (Fsp3) is 0.667. The lowest BCUT2D eigenvalue weighted by Crippen LogP contribution is -2.42. The Labute approximate surface area is 99.5 Å². The Kier molecular flexibility index (Phi) is 3.19. The van der Waals surface area contributed by atoms with Gasteiger partial charge in [0.05, 0.1) is 17.9 Å². The molecule has 0 saturated heterocycles. The van der Waals surface area contributed by atoms with Crippen molar-refractivity contribution in [2.75, 3.05) is 6.54 Å². The molecule has 2 aliphatic rings. The van der Waals surface area contributed by atoms with Crippen molar-refractivity contribution in [2.24, 2.45) is 23.7 Å². The predicted octanol–water partition coefficient (Wildman–Crippen LogP) is 0.00630. The molecular formula is C12H17NO4. The summed E-state index contributed by atoms with van der Waals surface area (Å²) in [6.45, 7) is 1.75. The van der Waals surface area contributed by atoms with Gasteiger partial charge in [-0.2, -0.15) is 0 Å². The van der Waals surface area contributed by atoms with E-state index in [1.807, 2.05) is 12.2 Å². The van der Waals surface area contributed by atoms with Crippen molar-refractivity contribution >= 4 is 11.9 Å². The van der Waals surface area contributed by atoms with Gasteiger partial charge in [-0.15, -0.1) is 0 Å². The van der Waals surface area contributed by atoms with E-state index in [-0.39, 0.29) is 24.3 Å². The molecule has 0 aromatic carbocycles. The minimum absolute atomic E-state index is 0.0141. The minimum Gasteiger partial charge on any atom is -0.481 e. The van der Waals surface area contributed by atoms with Gasteiger partial charge >= 0.3 is 5.97 Å². The van der Waals surface area contributed by atoms with Gasteiger partial charge in [0, 0.05) is 6.54 Å². The lowest BCUT2D eigenvalue weighted by molar-refractivity contribution is -0.147. The van der Waals surface area contributed by atoms with Crippen molar-refractivity contribution in [2.45, 2.75) is 19.4 Å². The van der Waals surface area contributed by atoms with Crippen molar-refractivity contribution in [1.82, 2.24) is 5.32 Å². The summed E-state index contributed by atoms with van der Waals surface area (Å²) >= 11 is 0. The van der Waals surface area contributed by atoms with Crippen LogP contribution in [0.15, 0.2) is 12.2 Å². The summed E-state index contributed by atoms with van der Waals surface area (Å²) in [6.07, 6.45) is 3.99. The molecule has 0 aromatic rings. The Balaban J connectivity index is 2.06. The van der Waals surface area contributed by atoms with Crippen LogP contribution in [0.5, 0.6) is 0 Å². The molecule has 0 aromatic heterocycles. The van der Waals surface area contributed by atoms with Crippen LogP contribution in [0, 0.1) is 23.7 Å². The third kappa shape index (κ3) is 2.20. The van der Waals surface area contributed by atoms with E-state index >= 15 is 0 Å². The Hall–Kier alpha value is -1.36. The number of aliphatic hydroxyl groups excluding tert-OH is 1. The summed E-state index contributed by atoms with van der Waals surface area (Å²) in [4.78, 5) is 23.1. The predicted molar refractivity (Wildman–Crippen MR) is 60.0 cm³/mol.